The summed E-state index contributed by atoms with van der Waals surface area (Å²) in [4.78, 5) is 26.0. The van der Waals surface area contributed by atoms with E-state index in [9.17, 15) is 9.59 Å². The molecule has 0 aromatic heterocycles. The lowest BCUT2D eigenvalue weighted by atomic mass is 10.2. The smallest absolute Gasteiger partial charge is 0.261 e. The summed E-state index contributed by atoms with van der Waals surface area (Å²) < 4.78 is 5.75. The van der Waals surface area contributed by atoms with Gasteiger partial charge in [0.2, 0.25) is 0 Å². The molecule has 0 saturated heterocycles. The molecule has 154 valence electrons. The van der Waals surface area contributed by atoms with Crippen LogP contribution in [0.3, 0.4) is 0 Å². The van der Waals surface area contributed by atoms with E-state index in [1.807, 2.05) is 6.07 Å². The number of carbonyl (C=O) groups is 2. The number of hydrogen-bond donors (Lipinski definition) is 2. The average Bonchev–Trinajstić information content (AvgIpc) is 2.71. The molecule has 0 bridgehead atoms. The van der Waals surface area contributed by atoms with E-state index in [1.165, 1.54) is 4.90 Å². The first-order valence-electron chi connectivity index (χ1n) is 9.58. The van der Waals surface area contributed by atoms with Gasteiger partial charge in [-0.2, -0.15) is 0 Å². The highest BCUT2D eigenvalue weighted by molar-refractivity contribution is 7.80. The average molecular weight is 414 g/mol. The molecule has 0 heterocycles. The largest absolute Gasteiger partial charge is 0.493 e. The molecule has 0 unspecified atom stereocenters. The maximum atomic E-state index is 12.6. The molecule has 0 fully saturated rings. The first-order chi connectivity index (χ1) is 13.9. The molecule has 2 aromatic carbocycles. The van der Waals surface area contributed by atoms with E-state index < -0.39 is 0 Å². The molecule has 0 saturated carbocycles. The fourth-order valence-corrected chi connectivity index (χ4v) is 2.81. The predicted molar refractivity (Wildman–Crippen MR) is 120 cm³/mol. The number of amides is 2. The number of nitrogens with zero attached hydrogens (tertiary/aromatic N) is 1. The molecule has 0 atom stereocenters. The van der Waals surface area contributed by atoms with Crippen LogP contribution in [0.2, 0.25) is 0 Å². The number of para-hydroxylation sites is 1. The molecule has 29 heavy (non-hydrogen) atoms. The minimum Gasteiger partial charge on any atom is -0.493 e. The van der Waals surface area contributed by atoms with E-state index >= 15 is 0 Å². The van der Waals surface area contributed by atoms with Gasteiger partial charge in [-0.1, -0.05) is 31.9 Å². The van der Waals surface area contributed by atoms with Crippen molar-refractivity contribution < 1.29 is 14.3 Å². The Morgan fingerprint density at radius 3 is 2.38 bits per heavy atom. The number of anilines is 1. The first-order valence-corrected chi connectivity index (χ1v) is 9.99. The number of nitrogens with one attached hydrogen (secondary N) is 2. The van der Waals surface area contributed by atoms with Crippen LogP contribution in [0.4, 0.5) is 5.69 Å². The van der Waals surface area contributed by atoms with Crippen LogP contribution in [0.25, 0.3) is 0 Å². The molecule has 2 N–H and O–H groups in total. The second-order valence-electron chi connectivity index (χ2n) is 6.74. The fraction of sp³-hybridized carbons (Fsp3) is 0.318. The van der Waals surface area contributed by atoms with Crippen LogP contribution in [-0.2, 0) is 0 Å². The lowest BCUT2D eigenvalue weighted by molar-refractivity contribution is 0.0827. The van der Waals surface area contributed by atoms with Crippen LogP contribution < -0.4 is 15.4 Å². The summed E-state index contributed by atoms with van der Waals surface area (Å²) in [5.74, 6) is 0.117. The molecule has 0 aliphatic heterocycles. The number of carbonyl (C=O) groups excluding carboxylic acids is 2. The number of benzene rings is 2. The van der Waals surface area contributed by atoms with Gasteiger partial charge in [-0.15, -0.1) is 0 Å². The topological polar surface area (TPSA) is 70.7 Å². The zero-order valence-corrected chi connectivity index (χ0v) is 17.8. The van der Waals surface area contributed by atoms with Crippen molar-refractivity contribution >= 4 is 34.8 Å². The van der Waals surface area contributed by atoms with Crippen molar-refractivity contribution in [2.75, 3.05) is 26.0 Å². The Labute approximate surface area is 177 Å². The van der Waals surface area contributed by atoms with Crippen LogP contribution >= 0.6 is 12.2 Å². The van der Waals surface area contributed by atoms with E-state index in [1.54, 1.807) is 56.6 Å². The van der Waals surface area contributed by atoms with E-state index in [4.69, 9.17) is 17.0 Å². The minimum atomic E-state index is -0.340. The summed E-state index contributed by atoms with van der Waals surface area (Å²) >= 11 is 5.24. The minimum absolute atomic E-state index is 0.0806. The van der Waals surface area contributed by atoms with Gasteiger partial charge in [-0.3, -0.25) is 14.9 Å². The molecule has 7 heteroatoms. The Bertz CT molecular complexity index is 851. The number of ether oxygens (including phenoxy) is 1. The number of hydrogen-bond acceptors (Lipinski definition) is 4. The number of rotatable bonds is 8. The molecule has 0 aliphatic rings. The standard InChI is InChI=1S/C22H27N3O3S/c1-4-5-8-15-28-19-10-7-6-9-18(19)20(26)24-22(29)23-17-13-11-16(12-14-17)21(27)25(2)3/h6-7,9-14H,4-5,8,15H2,1-3H3,(H2,23,24,26,29). The second-order valence-corrected chi connectivity index (χ2v) is 7.15. The molecule has 2 amide bonds. The predicted octanol–water partition coefficient (Wildman–Crippen LogP) is 4.08. The molecule has 6 nitrogen and oxygen atoms in total. The van der Waals surface area contributed by atoms with Crippen LogP contribution in [0.1, 0.15) is 46.9 Å². The van der Waals surface area contributed by atoms with Crippen molar-refractivity contribution in [3.63, 3.8) is 0 Å². The Kier molecular flexibility index (Phi) is 8.61. The monoisotopic (exact) mass is 413 g/mol. The number of unbranched alkanes of at least 4 members (excludes halogenated alkanes) is 2. The van der Waals surface area contributed by atoms with Gasteiger partial charge in [-0.05, 0) is 55.0 Å². The van der Waals surface area contributed by atoms with Crippen molar-refractivity contribution in [3.05, 3.63) is 59.7 Å². The first kappa shape index (κ1) is 22.4. The highest BCUT2D eigenvalue weighted by Gasteiger charge is 2.14. The van der Waals surface area contributed by atoms with Crippen molar-refractivity contribution in [2.24, 2.45) is 0 Å². The van der Waals surface area contributed by atoms with E-state index in [0.29, 0.717) is 29.2 Å². The lowest BCUT2D eigenvalue weighted by Crippen LogP contribution is -2.34. The molecule has 0 spiro atoms. The van der Waals surface area contributed by atoms with Gasteiger partial charge in [0, 0.05) is 25.3 Å². The van der Waals surface area contributed by atoms with E-state index in [0.717, 1.165) is 19.3 Å². The Morgan fingerprint density at radius 1 is 1.03 bits per heavy atom. The third kappa shape index (κ3) is 6.87. The fourth-order valence-electron chi connectivity index (χ4n) is 2.60. The van der Waals surface area contributed by atoms with Crippen molar-refractivity contribution in [2.45, 2.75) is 26.2 Å². The third-order valence-corrected chi connectivity index (χ3v) is 4.36. The highest BCUT2D eigenvalue weighted by atomic mass is 32.1. The van der Waals surface area contributed by atoms with E-state index in [-0.39, 0.29) is 16.9 Å². The third-order valence-electron chi connectivity index (χ3n) is 4.16. The van der Waals surface area contributed by atoms with Crippen molar-refractivity contribution in [1.82, 2.24) is 10.2 Å². The molecular weight excluding hydrogens is 386 g/mol. The van der Waals surface area contributed by atoms with Gasteiger partial charge in [0.25, 0.3) is 11.8 Å². The molecule has 0 radical (unpaired) electrons. The number of thiocarbonyl (C=S) groups is 1. The van der Waals surface area contributed by atoms with Gasteiger partial charge in [-0.25, -0.2) is 0 Å². The van der Waals surface area contributed by atoms with E-state index in [2.05, 4.69) is 17.6 Å². The maximum absolute atomic E-state index is 12.6. The zero-order valence-electron chi connectivity index (χ0n) is 17.0. The Balaban J connectivity index is 1.95. The SMILES string of the molecule is CCCCCOc1ccccc1C(=O)NC(=S)Nc1ccc(C(=O)N(C)C)cc1. The normalized spacial score (nSPS) is 10.2. The molecule has 2 rings (SSSR count). The van der Waals surface area contributed by atoms with Crippen LogP contribution in [0, 0.1) is 0 Å². The zero-order chi connectivity index (χ0) is 21.2. The second kappa shape index (κ2) is 11.2. The van der Waals surface area contributed by atoms with Crippen LogP contribution in [-0.4, -0.2) is 42.5 Å². The summed E-state index contributed by atoms with van der Waals surface area (Å²) in [5.41, 5.74) is 1.68. The van der Waals surface area contributed by atoms with Gasteiger partial charge in [0.15, 0.2) is 5.11 Å². The Morgan fingerprint density at radius 2 is 1.72 bits per heavy atom. The van der Waals surface area contributed by atoms with Gasteiger partial charge in [0.1, 0.15) is 5.75 Å². The Hall–Kier alpha value is -2.93. The maximum Gasteiger partial charge on any atom is 0.261 e. The summed E-state index contributed by atoms with van der Waals surface area (Å²) in [6.45, 7) is 2.70. The molecule has 0 aliphatic carbocycles. The summed E-state index contributed by atoms with van der Waals surface area (Å²) in [5, 5.41) is 5.79. The summed E-state index contributed by atoms with van der Waals surface area (Å²) in [6.07, 6.45) is 3.13. The van der Waals surface area contributed by atoms with Gasteiger partial charge >= 0.3 is 0 Å². The lowest BCUT2D eigenvalue weighted by Gasteiger charge is -2.14. The molecular formula is C22H27N3O3S. The quantitative estimate of drug-likeness (QED) is 0.504. The summed E-state index contributed by atoms with van der Waals surface area (Å²) in [7, 11) is 3.40. The van der Waals surface area contributed by atoms with Gasteiger partial charge in [0.05, 0.1) is 12.2 Å². The van der Waals surface area contributed by atoms with Crippen molar-refractivity contribution in [1.29, 1.82) is 0 Å². The van der Waals surface area contributed by atoms with Crippen LogP contribution in [0.5, 0.6) is 5.75 Å². The van der Waals surface area contributed by atoms with Crippen molar-refractivity contribution in [3.8, 4) is 5.75 Å². The summed E-state index contributed by atoms with van der Waals surface area (Å²) in [6, 6.07) is 14.0. The highest BCUT2D eigenvalue weighted by Crippen LogP contribution is 2.18. The van der Waals surface area contributed by atoms with Crippen LogP contribution in [0.15, 0.2) is 48.5 Å². The molecule has 2 aromatic rings. The van der Waals surface area contributed by atoms with Gasteiger partial charge < -0.3 is 15.0 Å².